The van der Waals surface area contributed by atoms with Gasteiger partial charge in [-0.25, -0.2) is 5.01 Å². The van der Waals surface area contributed by atoms with E-state index in [2.05, 4.69) is 5.32 Å². The summed E-state index contributed by atoms with van der Waals surface area (Å²) < 4.78 is 10.6. The number of benzene rings is 3. The molecule has 1 N–H and O–H groups in total. The molecule has 3 aromatic carbocycles. The summed E-state index contributed by atoms with van der Waals surface area (Å²) in [6.45, 7) is 0.110. The normalized spacial score (nSPS) is 15.4. The molecule has 0 aliphatic carbocycles. The average Bonchev–Trinajstić information content (AvgIpc) is 3.29. The quantitative estimate of drug-likeness (QED) is 0.617. The molecule has 4 rings (SSSR count). The summed E-state index contributed by atoms with van der Waals surface area (Å²) in [6, 6.07) is 25.1. The van der Waals surface area contributed by atoms with Crippen LogP contribution in [0.1, 0.15) is 23.6 Å². The molecule has 0 saturated heterocycles. The van der Waals surface area contributed by atoms with Crippen LogP contribution in [0.3, 0.4) is 0 Å². The molecule has 6 heteroatoms. The third-order valence-electron chi connectivity index (χ3n) is 5.31. The maximum Gasteiger partial charge on any atom is 0.262 e. The van der Waals surface area contributed by atoms with Crippen LogP contribution in [0.4, 0.5) is 5.69 Å². The summed E-state index contributed by atoms with van der Waals surface area (Å²) in [4.78, 5) is 13.2. The number of anilines is 1. The first-order chi connectivity index (χ1) is 15.2. The van der Waals surface area contributed by atoms with E-state index in [0.29, 0.717) is 12.2 Å². The lowest BCUT2D eigenvalue weighted by atomic mass is 9.98. The first-order valence-corrected chi connectivity index (χ1v) is 10.2. The van der Waals surface area contributed by atoms with E-state index in [-0.39, 0.29) is 18.5 Å². The Kier molecular flexibility index (Phi) is 6.17. The van der Waals surface area contributed by atoms with Gasteiger partial charge in [0, 0.05) is 6.42 Å². The molecule has 1 atom stereocenters. The molecule has 1 heterocycles. The Labute approximate surface area is 182 Å². The number of para-hydroxylation sites is 2. The van der Waals surface area contributed by atoms with Crippen molar-refractivity contribution in [3.8, 4) is 11.5 Å². The lowest BCUT2D eigenvalue weighted by Crippen LogP contribution is -2.32. The van der Waals surface area contributed by atoms with Crippen molar-refractivity contribution in [3.63, 3.8) is 0 Å². The van der Waals surface area contributed by atoms with Crippen LogP contribution in [-0.4, -0.2) is 37.4 Å². The third-order valence-corrected chi connectivity index (χ3v) is 5.31. The number of hydrazone groups is 1. The smallest absolute Gasteiger partial charge is 0.262 e. The topological polar surface area (TPSA) is 63.2 Å². The van der Waals surface area contributed by atoms with E-state index in [1.54, 1.807) is 19.2 Å². The van der Waals surface area contributed by atoms with Gasteiger partial charge in [-0.3, -0.25) is 4.79 Å². The Morgan fingerprint density at radius 2 is 1.68 bits per heavy atom. The fraction of sp³-hybridized carbons (Fsp3) is 0.200. The molecule has 31 heavy (non-hydrogen) atoms. The Morgan fingerprint density at radius 3 is 2.39 bits per heavy atom. The number of amides is 1. The molecule has 1 aliphatic heterocycles. The molecule has 158 valence electrons. The fourth-order valence-electron chi connectivity index (χ4n) is 3.67. The zero-order chi connectivity index (χ0) is 21.6. The van der Waals surface area contributed by atoms with Crippen molar-refractivity contribution in [2.75, 3.05) is 26.1 Å². The average molecular weight is 415 g/mol. The molecule has 1 aliphatic rings. The van der Waals surface area contributed by atoms with Gasteiger partial charge in [0.05, 0.1) is 38.2 Å². The zero-order valence-corrected chi connectivity index (χ0v) is 17.6. The van der Waals surface area contributed by atoms with Gasteiger partial charge in [0.15, 0.2) is 0 Å². The number of rotatable bonds is 7. The van der Waals surface area contributed by atoms with Gasteiger partial charge in [-0.05, 0) is 35.4 Å². The summed E-state index contributed by atoms with van der Waals surface area (Å²) in [5.41, 5.74) is 3.70. The highest BCUT2D eigenvalue weighted by atomic mass is 16.5. The van der Waals surface area contributed by atoms with Crippen molar-refractivity contribution in [1.82, 2.24) is 5.01 Å². The molecular weight excluding hydrogens is 390 g/mol. The second-order valence-corrected chi connectivity index (χ2v) is 7.20. The van der Waals surface area contributed by atoms with E-state index in [1.807, 2.05) is 78.9 Å². The van der Waals surface area contributed by atoms with Gasteiger partial charge in [0.2, 0.25) is 0 Å². The van der Waals surface area contributed by atoms with Crippen molar-refractivity contribution < 1.29 is 14.3 Å². The molecule has 0 bridgehead atoms. The van der Waals surface area contributed by atoms with Crippen LogP contribution in [0.15, 0.2) is 84.0 Å². The highest BCUT2D eigenvalue weighted by Gasteiger charge is 2.33. The minimum Gasteiger partial charge on any atom is -0.497 e. The monoisotopic (exact) mass is 415 g/mol. The van der Waals surface area contributed by atoms with Gasteiger partial charge in [0.1, 0.15) is 11.5 Å². The van der Waals surface area contributed by atoms with E-state index in [0.717, 1.165) is 28.3 Å². The molecule has 0 unspecified atom stereocenters. The zero-order valence-electron chi connectivity index (χ0n) is 17.6. The van der Waals surface area contributed by atoms with Crippen molar-refractivity contribution >= 4 is 17.3 Å². The molecule has 0 spiro atoms. The fourth-order valence-corrected chi connectivity index (χ4v) is 3.67. The summed E-state index contributed by atoms with van der Waals surface area (Å²) in [5, 5.41) is 9.48. The Bertz CT molecular complexity index is 1060. The lowest BCUT2D eigenvalue weighted by Gasteiger charge is -2.23. The first-order valence-electron chi connectivity index (χ1n) is 10.2. The summed E-state index contributed by atoms with van der Waals surface area (Å²) in [6.07, 6.45) is 0.650. The predicted molar refractivity (Wildman–Crippen MR) is 122 cm³/mol. The molecule has 0 radical (unpaired) electrons. The van der Waals surface area contributed by atoms with Gasteiger partial charge in [-0.2, -0.15) is 5.10 Å². The lowest BCUT2D eigenvalue weighted by molar-refractivity contribution is -0.131. The molecule has 0 saturated carbocycles. The minimum atomic E-state index is -0.173. The van der Waals surface area contributed by atoms with E-state index >= 15 is 0 Å². The largest absolute Gasteiger partial charge is 0.497 e. The number of methoxy groups -OCH3 is 2. The van der Waals surface area contributed by atoms with Gasteiger partial charge >= 0.3 is 0 Å². The van der Waals surface area contributed by atoms with Gasteiger partial charge < -0.3 is 14.8 Å². The molecule has 3 aromatic rings. The summed E-state index contributed by atoms with van der Waals surface area (Å²) in [5.74, 6) is 1.36. The molecule has 0 aromatic heterocycles. The minimum absolute atomic E-state index is 0.110. The highest BCUT2D eigenvalue weighted by molar-refractivity contribution is 6.03. The van der Waals surface area contributed by atoms with Crippen LogP contribution < -0.4 is 14.8 Å². The molecule has 6 nitrogen and oxygen atoms in total. The maximum atomic E-state index is 13.2. The number of carbonyl (C=O) groups excluding carboxylic acids is 1. The number of hydrogen-bond donors (Lipinski definition) is 1. The van der Waals surface area contributed by atoms with Gasteiger partial charge in [0.25, 0.3) is 5.91 Å². The Morgan fingerprint density at radius 1 is 0.968 bits per heavy atom. The number of nitrogens with zero attached hydrogens (tertiary/aromatic N) is 2. The number of nitrogens with one attached hydrogen (secondary N) is 1. The van der Waals surface area contributed by atoms with Crippen LogP contribution >= 0.6 is 0 Å². The predicted octanol–water partition coefficient (Wildman–Crippen LogP) is 4.49. The van der Waals surface area contributed by atoms with E-state index in [4.69, 9.17) is 14.6 Å². The van der Waals surface area contributed by atoms with Crippen LogP contribution in [0, 0.1) is 0 Å². The Balaban J connectivity index is 1.58. The second-order valence-electron chi connectivity index (χ2n) is 7.20. The second kappa shape index (κ2) is 9.34. The molecule has 0 fully saturated rings. The third kappa shape index (κ3) is 4.53. The maximum absolute atomic E-state index is 13.2. The Hall–Kier alpha value is -3.80. The van der Waals surface area contributed by atoms with Crippen molar-refractivity contribution in [2.45, 2.75) is 12.5 Å². The highest BCUT2D eigenvalue weighted by Crippen LogP contribution is 2.34. The van der Waals surface area contributed by atoms with Crippen molar-refractivity contribution in [2.24, 2.45) is 5.10 Å². The standard InChI is InChI=1S/C25H25N3O3/c1-30-20-14-12-19(13-15-20)23-16-22(18-8-4-3-5-9-18)27-28(23)25(29)17-26-21-10-6-7-11-24(21)31-2/h3-15,23,26H,16-17H2,1-2H3/t23-/m0/s1. The van der Waals surface area contributed by atoms with Crippen LogP contribution in [0.25, 0.3) is 0 Å². The van der Waals surface area contributed by atoms with Crippen LogP contribution in [0.2, 0.25) is 0 Å². The van der Waals surface area contributed by atoms with E-state index in [1.165, 1.54) is 0 Å². The SMILES string of the molecule is COc1ccc([C@@H]2CC(c3ccccc3)=NN2C(=O)CNc2ccccc2OC)cc1. The summed E-state index contributed by atoms with van der Waals surface area (Å²) >= 11 is 0. The van der Waals surface area contributed by atoms with Crippen LogP contribution in [0.5, 0.6) is 11.5 Å². The van der Waals surface area contributed by atoms with Crippen molar-refractivity contribution in [1.29, 1.82) is 0 Å². The first kappa shape index (κ1) is 20.5. The van der Waals surface area contributed by atoms with Crippen LogP contribution in [-0.2, 0) is 4.79 Å². The van der Waals surface area contributed by atoms with E-state index < -0.39 is 0 Å². The number of ether oxygens (including phenoxy) is 2. The van der Waals surface area contributed by atoms with Crippen molar-refractivity contribution in [3.05, 3.63) is 90.0 Å². The van der Waals surface area contributed by atoms with Gasteiger partial charge in [-0.15, -0.1) is 0 Å². The number of carbonyl (C=O) groups is 1. The van der Waals surface area contributed by atoms with E-state index in [9.17, 15) is 4.79 Å². The molecular formula is C25H25N3O3. The van der Waals surface area contributed by atoms with Gasteiger partial charge in [-0.1, -0.05) is 54.6 Å². The molecule has 1 amide bonds. The number of hydrogen-bond acceptors (Lipinski definition) is 5. The summed E-state index contributed by atoms with van der Waals surface area (Å²) in [7, 11) is 3.25.